The fraction of sp³-hybridized carbons (Fsp3) is 0.182. The molecule has 4 N–H and O–H groups in total. The summed E-state index contributed by atoms with van der Waals surface area (Å²) < 4.78 is 0. The topological polar surface area (TPSA) is 109 Å². The van der Waals surface area contributed by atoms with Crippen LogP contribution in [-0.2, 0) is 6.42 Å². The summed E-state index contributed by atoms with van der Waals surface area (Å²) >= 11 is 0. The van der Waals surface area contributed by atoms with Crippen LogP contribution in [0.5, 0.6) is 5.75 Å². The van der Waals surface area contributed by atoms with Crippen LogP contribution in [0.4, 0.5) is 0 Å². The van der Waals surface area contributed by atoms with E-state index in [1.54, 1.807) is 12.3 Å². The van der Waals surface area contributed by atoms with E-state index in [2.05, 4.69) is 9.97 Å². The predicted molar refractivity (Wildman–Crippen MR) is 61.9 cm³/mol. The van der Waals surface area contributed by atoms with Gasteiger partial charge in [0, 0.05) is 6.20 Å². The summed E-state index contributed by atoms with van der Waals surface area (Å²) in [6, 6.07) is 1.70. The van der Waals surface area contributed by atoms with Crippen molar-refractivity contribution in [3.8, 4) is 5.75 Å². The molecule has 6 nitrogen and oxygen atoms in total. The first kappa shape index (κ1) is 11.1. The summed E-state index contributed by atoms with van der Waals surface area (Å²) in [7, 11) is 0. The van der Waals surface area contributed by atoms with Crippen LogP contribution in [0.3, 0.4) is 0 Å². The first-order valence-electron chi connectivity index (χ1n) is 5.08. The van der Waals surface area contributed by atoms with Crippen LogP contribution in [0.2, 0.25) is 0 Å². The summed E-state index contributed by atoms with van der Waals surface area (Å²) in [6.45, 7) is 1.94. The molecule has 0 aromatic carbocycles. The van der Waals surface area contributed by atoms with Crippen molar-refractivity contribution in [3.05, 3.63) is 33.7 Å². The zero-order valence-electron chi connectivity index (χ0n) is 9.15. The van der Waals surface area contributed by atoms with Gasteiger partial charge >= 0.3 is 0 Å². The van der Waals surface area contributed by atoms with Gasteiger partial charge in [0.2, 0.25) is 0 Å². The number of amides is 1. The van der Waals surface area contributed by atoms with Crippen LogP contribution in [-0.4, -0.2) is 21.0 Å². The standard InChI is InChI=1S/C11H11N3O3/c1-2-5-3-6-8(13-4-5)9(15)7(10(12)16)11(17)14-6/h3-4H,2H2,1H3,(H2,12,16)(H2,14,15,17). The number of nitrogens with two attached hydrogens (primary N) is 1. The Balaban J connectivity index is 2.86. The Morgan fingerprint density at radius 1 is 1.59 bits per heavy atom. The van der Waals surface area contributed by atoms with E-state index in [4.69, 9.17) is 5.73 Å². The first-order valence-corrected chi connectivity index (χ1v) is 5.08. The molecular formula is C11H11N3O3. The van der Waals surface area contributed by atoms with Crippen molar-refractivity contribution in [1.29, 1.82) is 0 Å². The molecule has 6 heteroatoms. The van der Waals surface area contributed by atoms with Gasteiger partial charge in [0.25, 0.3) is 11.5 Å². The minimum absolute atomic E-state index is 0.163. The Hall–Kier alpha value is -2.37. The van der Waals surface area contributed by atoms with Crippen LogP contribution in [0.1, 0.15) is 22.8 Å². The molecule has 0 fully saturated rings. The third-order valence-electron chi connectivity index (χ3n) is 2.54. The molecule has 2 aromatic rings. The summed E-state index contributed by atoms with van der Waals surface area (Å²) in [4.78, 5) is 29.1. The number of nitrogens with one attached hydrogen (secondary N) is 1. The van der Waals surface area contributed by atoms with E-state index in [0.29, 0.717) is 5.52 Å². The van der Waals surface area contributed by atoms with Crippen LogP contribution in [0.25, 0.3) is 11.0 Å². The van der Waals surface area contributed by atoms with Crippen molar-refractivity contribution in [2.45, 2.75) is 13.3 Å². The van der Waals surface area contributed by atoms with Gasteiger partial charge in [0.15, 0.2) is 5.75 Å². The Morgan fingerprint density at radius 3 is 2.88 bits per heavy atom. The van der Waals surface area contributed by atoms with Crippen LogP contribution in [0, 0.1) is 0 Å². The molecule has 2 aromatic heterocycles. The molecule has 17 heavy (non-hydrogen) atoms. The van der Waals surface area contributed by atoms with Gasteiger partial charge in [-0.05, 0) is 18.1 Å². The van der Waals surface area contributed by atoms with Gasteiger partial charge < -0.3 is 15.8 Å². The molecule has 0 spiro atoms. The molecule has 2 rings (SSSR count). The molecular weight excluding hydrogens is 222 g/mol. The Labute approximate surface area is 96.1 Å². The second-order valence-corrected chi connectivity index (χ2v) is 3.64. The second kappa shape index (κ2) is 3.89. The highest BCUT2D eigenvalue weighted by Gasteiger charge is 2.17. The third-order valence-corrected chi connectivity index (χ3v) is 2.54. The van der Waals surface area contributed by atoms with E-state index in [9.17, 15) is 14.7 Å². The van der Waals surface area contributed by atoms with Crippen molar-refractivity contribution in [2.75, 3.05) is 0 Å². The molecule has 0 unspecified atom stereocenters. The normalized spacial score (nSPS) is 10.6. The van der Waals surface area contributed by atoms with Crippen molar-refractivity contribution in [3.63, 3.8) is 0 Å². The van der Waals surface area contributed by atoms with Gasteiger partial charge in [-0.15, -0.1) is 0 Å². The highest BCUT2D eigenvalue weighted by Crippen LogP contribution is 2.22. The molecule has 0 aliphatic carbocycles. The monoisotopic (exact) mass is 233 g/mol. The third kappa shape index (κ3) is 1.73. The van der Waals surface area contributed by atoms with Gasteiger partial charge in [-0.3, -0.25) is 14.6 Å². The fourth-order valence-electron chi connectivity index (χ4n) is 1.62. The van der Waals surface area contributed by atoms with E-state index in [0.717, 1.165) is 12.0 Å². The van der Waals surface area contributed by atoms with Crippen LogP contribution in [0.15, 0.2) is 17.1 Å². The summed E-state index contributed by atoms with van der Waals surface area (Å²) in [6.07, 6.45) is 2.33. The molecule has 0 atom stereocenters. The number of pyridine rings is 2. The van der Waals surface area contributed by atoms with E-state index < -0.39 is 22.8 Å². The van der Waals surface area contributed by atoms with E-state index in [1.807, 2.05) is 6.92 Å². The number of aromatic hydroxyl groups is 1. The van der Waals surface area contributed by atoms with Crippen molar-refractivity contribution < 1.29 is 9.90 Å². The molecule has 0 radical (unpaired) electrons. The Bertz CT molecular complexity index is 661. The quantitative estimate of drug-likeness (QED) is 0.692. The van der Waals surface area contributed by atoms with Gasteiger partial charge in [-0.1, -0.05) is 6.92 Å². The van der Waals surface area contributed by atoms with Gasteiger partial charge in [-0.25, -0.2) is 0 Å². The fourth-order valence-corrected chi connectivity index (χ4v) is 1.62. The highest BCUT2D eigenvalue weighted by molar-refractivity contribution is 6.00. The summed E-state index contributed by atoms with van der Waals surface area (Å²) in [5, 5.41) is 9.78. The molecule has 0 aliphatic rings. The number of hydrogen-bond acceptors (Lipinski definition) is 4. The molecule has 1 amide bonds. The average Bonchev–Trinajstić information content (AvgIpc) is 2.27. The van der Waals surface area contributed by atoms with Crippen LogP contribution < -0.4 is 11.3 Å². The lowest BCUT2D eigenvalue weighted by molar-refractivity contribution is 0.0996. The van der Waals surface area contributed by atoms with Crippen LogP contribution >= 0.6 is 0 Å². The predicted octanol–water partition coefficient (Wildman–Crippen LogP) is 0.290. The molecule has 0 saturated heterocycles. The molecule has 88 valence electrons. The summed E-state index contributed by atoms with van der Waals surface area (Å²) in [5.74, 6) is -1.45. The molecule has 0 bridgehead atoms. The van der Waals surface area contributed by atoms with Crippen molar-refractivity contribution in [1.82, 2.24) is 9.97 Å². The number of H-pyrrole nitrogens is 1. The number of primary amides is 1. The van der Waals surface area contributed by atoms with E-state index in [-0.39, 0.29) is 5.52 Å². The highest BCUT2D eigenvalue weighted by atomic mass is 16.3. The lowest BCUT2D eigenvalue weighted by Gasteiger charge is -2.05. The number of carbonyl (C=O) groups excluding carboxylic acids is 1. The van der Waals surface area contributed by atoms with E-state index in [1.165, 1.54) is 0 Å². The molecule has 2 heterocycles. The number of hydrogen-bond donors (Lipinski definition) is 3. The van der Waals surface area contributed by atoms with Crippen molar-refractivity contribution in [2.24, 2.45) is 5.73 Å². The smallest absolute Gasteiger partial charge is 0.265 e. The van der Waals surface area contributed by atoms with Gasteiger partial charge in [0.1, 0.15) is 11.1 Å². The lowest BCUT2D eigenvalue weighted by Crippen LogP contribution is -2.23. The maximum absolute atomic E-state index is 11.6. The average molecular weight is 233 g/mol. The zero-order chi connectivity index (χ0) is 12.6. The molecule has 0 saturated carbocycles. The number of aromatic nitrogens is 2. The molecule has 0 aliphatic heterocycles. The summed E-state index contributed by atoms with van der Waals surface area (Å²) in [5.41, 5.74) is 5.31. The minimum atomic E-state index is -0.980. The Kier molecular flexibility index (Phi) is 2.55. The number of fused-ring (bicyclic) bond motifs is 1. The largest absolute Gasteiger partial charge is 0.505 e. The number of nitrogens with zero attached hydrogens (tertiary/aromatic N) is 1. The SMILES string of the molecule is CCc1cnc2c(O)c(C(N)=O)c(=O)[nH]c2c1. The first-order chi connectivity index (χ1) is 8.04. The zero-order valence-corrected chi connectivity index (χ0v) is 9.15. The van der Waals surface area contributed by atoms with Crippen molar-refractivity contribution >= 4 is 16.9 Å². The lowest BCUT2D eigenvalue weighted by atomic mass is 10.1. The number of carbonyl (C=O) groups is 1. The minimum Gasteiger partial charge on any atom is -0.505 e. The van der Waals surface area contributed by atoms with E-state index >= 15 is 0 Å². The number of aromatic amines is 1. The number of aryl methyl sites for hydroxylation is 1. The maximum Gasteiger partial charge on any atom is 0.265 e. The second-order valence-electron chi connectivity index (χ2n) is 3.64. The maximum atomic E-state index is 11.6. The van der Waals surface area contributed by atoms with Gasteiger partial charge in [-0.2, -0.15) is 0 Å². The number of rotatable bonds is 2. The Morgan fingerprint density at radius 2 is 2.29 bits per heavy atom. The van der Waals surface area contributed by atoms with Gasteiger partial charge in [0.05, 0.1) is 5.52 Å².